The highest BCUT2D eigenvalue weighted by molar-refractivity contribution is 5.97. The molecule has 6 heteroatoms. The molecule has 1 aliphatic heterocycles. The van der Waals surface area contributed by atoms with E-state index in [4.69, 9.17) is 0 Å². The van der Waals surface area contributed by atoms with Gasteiger partial charge in [0.15, 0.2) is 0 Å². The van der Waals surface area contributed by atoms with Gasteiger partial charge in [-0.25, -0.2) is 0 Å². The van der Waals surface area contributed by atoms with Gasteiger partial charge in [-0.2, -0.15) is 0 Å². The van der Waals surface area contributed by atoms with Gasteiger partial charge in [0.05, 0.1) is 6.04 Å². The summed E-state index contributed by atoms with van der Waals surface area (Å²) in [7, 11) is 0. The van der Waals surface area contributed by atoms with Crippen LogP contribution in [-0.4, -0.2) is 24.4 Å². The summed E-state index contributed by atoms with van der Waals surface area (Å²) >= 11 is 0. The highest BCUT2D eigenvalue weighted by Gasteiger charge is 2.23. The van der Waals surface area contributed by atoms with E-state index in [0.29, 0.717) is 30.8 Å². The average molecular weight is 360 g/mol. The van der Waals surface area contributed by atoms with Crippen LogP contribution in [0.2, 0.25) is 0 Å². The van der Waals surface area contributed by atoms with Crippen LogP contribution in [0.5, 0.6) is 0 Å². The summed E-state index contributed by atoms with van der Waals surface area (Å²) in [4.78, 5) is 24.2. The van der Waals surface area contributed by atoms with Gasteiger partial charge in [-0.1, -0.05) is 24.3 Å². The number of nitrogens with one attached hydrogen (secondary N) is 3. The number of halogens is 1. The number of amides is 2. The molecule has 0 spiro atoms. The quantitative estimate of drug-likeness (QED) is 0.785. The van der Waals surface area contributed by atoms with Crippen molar-refractivity contribution in [3.63, 3.8) is 0 Å². The van der Waals surface area contributed by atoms with Gasteiger partial charge in [-0.15, -0.1) is 12.4 Å². The summed E-state index contributed by atoms with van der Waals surface area (Å²) in [5, 5.41) is 8.92. The van der Waals surface area contributed by atoms with Gasteiger partial charge in [0.2, 0.25) is 5.91 Å². The van der Waals surface area contributed by atoms with E-state index in [1.807, 2.05) is 19.1 Å². The smallest absolute Gasteiger partial charge is 0.251 e. The summed E-state index contributed by atoms with van der Waals surface area (Å²) in [6.07, 6.45) is 0.680. The molecule has 0 aliphatic carbocycles. The molecular formula is C19H22ClN3O2. The van der Waals surface area contributed by atoms with Crippen molar-refractivity contribution in [1.82, 2.24) is 10.6 Å². The molecule has 0 aromatic heterocycles. The van der Waals surface area contributed by atoms with Crippen LogP contribution in [0.15, 0.2) is 48.5 Å². The largest absolute Gasteiger partial charge is 0.352 e. The topological polar surface area (TPSA) is 70.2 Å². The molecule has 1 unspecified atom stereocenters. The third-order valence-corrected chi connectivity index (χ3v) is 4.15. The Morgan fingerprint density at radius 1 is 1.08 bits per heavy atom. The van der Waals surface area contributed by atoms with Crippen LogP contribution in [0.3, 0.4) is 0 Å². The zero-order valence-corrected chi connectivity index (χ0v) is 14.9. The Bertz CT molecular complexity index is 747. The van der Waals surface area contributed by atoms with Crippen molar-refractivity contribution in [3.8, 4) is 0 Å². The second kappa shape index (κ2) is 8.65. The molecular weight excluding hydrogens is 338 g/mol. The van der Waals surface area contributed by atoms with E-state index in [9.17, 15) is 9.59 Å². The monoisotopic (exact) mass is 359 g/mol. The fourth-order valence-corrected chi connectivity index (χ4v) is 2.84. The van der Waals surface area contributed by atoms with Crippen molar-refractivity contribution >= 4 is 29.9 Å². The second-order valence-corrected chi connectivity index (χ2v) is 5.83. The van der Waals surface area contributed by atoms with Crippen LogP contribution < -0.4 is 16.0 Å². The molecule has 0 fully saturated rings. The number of anilines is 1. The standard InChI is InChI=1S/C19H21N3O2.ClH/c1-2-20-18(23)13-7-9-16(10-8-13)22-19(24)17-11-14-5-3-4-6-15(14)12-21-17;/h3-10,17,21H,2,11-12H2,1H3,(H,20,23)(H,22,24);1H. The Hall–Kier alpha value is -2.37. The molecule has 0 radical (unpaired) electrons. The van der Waals surface area contributed by atoms with Gasteiger partial charge >= 0.3 is 0 Å². The highest BCUT2D eigenvalue weighted by atomic mass is 35.5. The number of benzene rings is 2. The summed E-state index contributed by atoms with van der Waals surface area (Å²) < 4.78 is 0. The first kappa shape index (κ1) is 19.0. The van der Waals surface area contributed by atoms with Crippen LogP contribution in [0.4, 0.5) is 5.69 Å². The molecule has 2 aromatic rings. The van der Waals surface area contributed by atoms with E-state index >= 15 is 0 Å². The molecule has 3 N–H and O–H groups in total. The molecule has 132 valence electrons. The van der Waals surface area contributed by atoms with Crippen LogP contribution in [-0.2, 0) is 17.8 Å². The predicted molar refractivity (Wildman–Crippen MR) is 101 cm³/mol. The van der Waals surface area contributed by atoms with Crippen LogP contribution in [0, 0.1) is 0 Å². The van der Waals surface area contributed by atoms with Gasteiger partial charge < -0.3 is 16.0 Å². The van der Waals surface area contributed by atoms with Crippen LogP contribution >= 0.6 is 12.4 Å². The van der Waals surface area contributed by atoms with Crippen LogP contribution in [0.1, 0.15) is 28.4 Å². The van der Waals surface area contributed by atoms with Crippen molar-refractivity contribution in [2.45, 2.75) is 25.9 Å². The van der Waals surface area contributed by atoms with Gasteiger partial charge in [-0.05, 0) is 48.7 Å². The molecule has 1 aliphatic rings. The normalized spacial score (nSPS) is 15.5. The Kier molecular flexibility index (Phi) is 6.56. The van der Waals surface area contributed by atoms with E-state index in [1.54, 1.807) is 24.3 Å². The number of carbonyl (C=O) groups excluding carboxylic acids is 2. The first-order valence-corrected chi connectivity index (χ1v) is 8.16. The lowest BCUT2D eigenvalue weighted by Crippen LogP contribution is -2.44. The third-order valence-electron chi connectivity index (χ3n) is 4.15. The Labute approximate surface area is 153 Å². The third kappa shape index (κ3) is 4.59. The first-order chi connectivity index (χ1) is 11.7. The maximum absolute atomic E-state index is 12.4. The van der Waals surface area contributed by atoms with Gasteiger partial charge in [0.25, 0.3) is 5.91 Å². The maximum Gasteiger partial charge on any atom is 0.251 e. The molecule has 3 rings (SSSR count). The Balaban J connectivity index is 0.00000225. The lowest BCUT2D eigenvalue weighted by atomic mass is 9.95. The molecule has 2 aromatic carbocycles. The minimum absolute atomic E-state index is 0. The average Bonchev–Trinajstić information content (AvgIpc) is 2.62. The first-order valence-electron chi connectivity index (χ1n) is 8.16. The minimum Gasteiger partial charge on any atom is -0.352 e. The number of hydrogen-bond donors (Lipinski definition) is 3. The zero-order valence-electron chi connectivity index (χ0n) is 14.0. The Morgan fingerprint density at radius 2 is 1.76 bits per heavy atom. The van der Waals surface area contributed by atoms with Crippen LogP contribution in [0.25, 0.3) is 0 Å². The Morgan fingerprint density at radius 3 is 2.44 bits per heavy atom. The zero-order chi connectivity index (χ0) is 16.9. The summed E-state index contributed by atoms with van der Waals surface area (Å²) in [5.41, 5.74) is 3.73. The van der Waals surface area contributed by atoms with Crippen molar-refractivity contribution in [1.29, 1.82) is 0 Å². The fraction of sp³-hybridized carbons (Fsp3) is 0.263. The van der Waals surface area contributed by atoms with Crippen molar-refractivity contribution in [3.05, 3.63) is 65.2 Å². The van der Waals surface area contributed by atoms with E-state index in [2.05, 4.69) is 28.1 Å². The molecule has 0 saturated carbocycles. The molecule has 1 heterocycles. The summed E-state index contributed by atoms with van der Waals surface area (Å²) in [6.45, 7) is 3.17. The molecule has 0 bridgehead atoms. The molecule has 5 nitrogen and oxygen atoms in total. The van der Waals surface area contributed by atoms with E-state index in [0.717, 1.165) is 0 Å². The molecule has 2 amide bonds. The second-order valence-electron chi connectivity index (χ2n) is 5.83. The van der Waals surface area contributed by atoms with Gasteiger partial charge in [-0.3, -0.25) is 9.59 Å². The van der Waals surface area contributed by atoms with E-state index in [-0.39, 0.29) is 30.3 Å². The number of hydrogen-bond acceptors (Lipinski definition) is 3. The van der Waals surface area contributed by atoms with Gasteiger partial charge in [0, 0.05) is 24.3 Å². The fourth-order valence-electron chi connectivity index (χ4n) is 2.84. The number of fused-ring (bicyclic) bond motifs is 1. The van der Waals surface area contributed by atoms with Crippen molar-refractivity contribution in [2.24, 2.45) is 0 Å². The number of carbonyl (C=O) groups is 2. The SMILES string of the molecule is CCNC(=O)c1ccc(NC(=O)C2Cc3ccccc3CN2)cc1.Cl. The molecule has 1 atom stereocenters. The van der Waals surface area contributed by atoms with E-state index in [1.165, 1.54) is 11.1 Å². The summed E-state index contributed by atoms with van der Waals surface area (Å²) in [6, 6.07) is 14.8. The van der Waals surface area contributed by atoms with E-state index < -0.39 is 0 Å². The predicted octanol–water partition coefficient (Wildman–Crippen LogP) is 2.51. The minimum atomic E-state index is -0.247. The van der Waals surface area contributed by atoms with Crippen molar-refractivity contribution < 1.29 is 9.59 Å². The molecule has 0 saturated heterocycles. The van der Waals surface area contributed by atoms with Gasteiger partial charge in [0.1, 0.15) is 0 Å². The lowest BCUT2D eigenvalue weighted by molar-refractivity contribution is -0.118. The summed E-state index contributed by atoms with van der Waals surface area (Å²) in [5.74, 6) is -0.170. The molecule has 25 heavy (non-hydrogen) atoms. The van der Waals surface area contributed by atoms with Crippen molar-refractivity contribution in [2.75, 3.05) is 11.9 Å². The lowest BCUT2D eigenvalue weighted by Gasteiger charge is -2.25. The maximum atomic E-state index is 12.4. The number of rotatable bonds is 4. The highest BCUT2D eigenvalue weighted by Crippen LogP contribution is 2.17.